The second-order valence-corrected chi connectivity index (χ2v) is 5.77. The number of hydrogen-bond acceptors (Lipinski definition) is 4. The Labute approximate surface area is 111 Å². The van der Waals surface area contributed by atoms with E-state index in [0.717, 1.165) is 23.5 Å². The quantitative estimate of drug-likeness (QED) is 0.834. The van der Waals surface area contributed by atoms with Gasteiger partial charge in [0.2, 0.25) is 5.91 Å². The molecule has 18 heavy (non-hydrogen) atoms. The molecule has 1 unspecified atom stereocenters. The summed E-state index contributed by atoms with van der Waals surface area (Å²) in [5, 5.41) is 12.9. The summed E-state index contributed by atoms with van der Waals surface area (Å²) in [7, 11) is 0. The highest BCUT2D eigenvalue weighted by Crippen LogP contribution is 2.26. The first kappa shape index (κ1) is 13.4. The van der Waals surface area contributed by atoms with Crippen LogP contribution in [0.1, 0.15) is 18.4 Å². The van der Waals surface area contributed by atoms with Crippen molar-refractivity contribution in [3.63, 3.8) is 0 Å². The third-order valence-electron chi connectivity index (χ3n) is 3.06. The van der Waals surface area contributed by atoms with Gasteiger partial charge < -0.3 is 10.4 Å². The second-order valence-electron chi connectivity index (χ2n) is 4.66. The molecule has 0 aromatic carbocycles. The van der Waals surface area contributed by atoms with Crippen molar-refractivity contribution in [1.29, 1.82) is 0 Å². The number of pyridine rings is 1. The molecule has 1 fully saturated rings. The van der Waals surface area contributed by atoms with Crippen molar-refractivity contribution >= 4 is 17.7 Å². The third kappa shape index (κ3) is 3.99. The van der Waals surface area contributed by atoms with E-state index in [1.165, 1.54) is 0 Å². The zero-order chi connectivity index (χ0) is 12.8. The number of thioether (sulfide) groups is 1. The maximum absolute atomic E-state index is 11.7. The lowest BCUT2D eigenvalue weighted by Gasteiger charge is -2.21. The van der Waals surface area contributed by atoms with E-state index in [2.05, 4.69) is 10.3 Å². The van der Waals surface area contributed by atoms with Crippen molar-refractivity contribution in [2.75, 3.05) is 18.1 Å². The molecule has 0 radical (unpaired) electrons. The van der Waals surface area contributed by atoms with Crippen LogP contribution in [-0.2, 0) is 11.2 Å². The number of nitrogens with one attached hydrogen (secondary N) is 1. The number of carbonyl (C=O) groups excluding carboxylic acids is 1. The number of amides is 1. The fraction of sp³-hybridized carbons (Fsp3) is 0.538. The summed E-state index contributed by atoms with van der Waals surface area (Å²) in [4.78, 5) is 15.7. The topological polar surface area (TPSA) is 62.2 Å². The molecule has 2 N–H and O–H groups in total. The Kier molecular flexibility index (Phi) is 4.60. The molecule has 2 heterocycles. The Morgan fingerprint density at radius 1 is 1.61 bits per heavy atom. The van der Waals surface area contributed by atoms with Crippen LogP contribution >= 0.6 is 11.8 Å². The van der Waals surface area contributed by atoms with E-state index in [9.17, 15) is 9.90 Å². The lowest BCUT2D eigenvalue weighted by Crippen LogP contribution is -2.43. The number of aromatic nitrogens is 1. The van der Waals surface area contributed by atoms with Gasteiger partial charge in [-0.05, 0) is 30.2 Å². The molecule has 0 bridgehead atoms. The fourth-order valence-corrected chi connectivity index (χ4v) is 3.19. The highest BCUT2D eigenvalue weighted by Gasteiger charge is 2.31. The van der Waals surface area contributed by atoms with E-state index in [4.69, 9.17) is 0 Å². The predicted molar refractivity (Wildman–Crippen MR) is 72.5 cm³/mol. The molecule has 4 nitrogen and oxygen atoms in total. The fourth-order valence-electron chi connectivity index (χ4n) is 1.89. The third-order valence-corrected chi connectivity index (χ3v) is 4.29. The van der Waals surface area contributed by atoms with Gasteiger partial charge in [0, 0.05) is 31.1 Å². The first-order valence-electron chi connectivity index (χ1n) is 6.14. The molecular weight excluding hydrogens is 248 g/mol. The molecule has 0 saturated carbocycles. The lowest BCUT2D eigenvalue weighted by atomic mass is 10.0. The molecule has 1 aliphatic rings. The molecule has 1 aliphatic heterocycles. The molecule has 1 atom stereocenters. The Hall–Kier alpha value is -1.07. The lowest BCUT2D eigenvalue weighted by molar-refractivity contribution is -0.122. The molecular formula is C13H18N2O2S. The Morgan fingerprint density at radius 2 is 2.50 bits per heavy atom. The maximum Gasteiger partial charge on any atom is 0.220 e. The SMILES string of the molecule is O=C(CCc1cccnc1)NCC1(O)CCSC1. The highest BCUT2D eigenvalue weighted by atomic mass is 32.2. The van der Waals surface area contributed by atoms with Gasteiger partial charge in [-0.15, -0.1) is 0 Å². The average molecular weight is 266 g/mol. The zero-order valence-electron chi connectivity index (χ0n) is 10.3. The van der Waals surface area contributed by atoms with Crippen LogP contribution < -0.4 is 5.32 Å². The second kappa shape index (κ2) is 6.20. The number of carbonyl (C=O) groups is 1. The van der Waals surface area contributed by atoms with E-state index in [1.54, 1.807) is 24.2 Å². The van der Waals surface area contributed by atoms with Crippen LogP contribution in [0.25, 0.3) is 0 Å². The van der Waals surface area contributed by atoms with Crippen molar-refractivity contribution in [2.24, 2.45) is 0 Å². The van der Waals surface area contributed by atoms with Crippen molar-refractivity contribution in [1.82, 2.24) is 10.3 Å². The number of nitrogens with zero attached hydrogens (tertiary/aromatic N) is 1. The molecule has 1 saturated heterocycles. The Morgan fingerprint density at radius 3 is 3.17 bits per heavy atom. The van der Waals surface area contributed by atoms with Crippen LogP contribution in [0.2, 0.25) is 0 Å². The van der Waals surface area contributed by atoms with Gasteiger partial charge in [-0.25, -0.2) is 0 Å². The van der Waals surface area contributed by atoms with E-state index >= 15 is 0 Å². The summed E-state index contributed by atoms with van der Waals surface area (Å²) in [6.07, 6.45) is 5.38. The standard InChI is InChI=1S/C13H18N2O2S/c16-12(4-3-11-2-1-6-14-8-11)15-9-13(17)5-7-18-10-13/h1-2,6,8,17H,3-5,7,9-10H2,(H,15,16). The number of aryl methyl sites for hydroxylation is 1. The smallest absolute Gasteiger partial charge is 0.220 e. The summed E-state index contributed by atoms with van der Waals surface area (Å²) < 4.78 is 0. The van der Waals surface area contributed by atoms with E-state index in [1.807, 2.05) is 12.1 Å². The van der Waals surface area contributed by atoms with Gasteiger partial charge in [0.1, 0.15) is 0 Å². The molecule has 0 spiro atoms. The highest BCUT2D eigenvalue weighted by molar-refractivity contribution is 7.99. The minimum Gasteiger partial charge on any atom is -0.387 e. The first-order chi connectivity index (χ1) is 8.68. The molecule has 5 heteroatoms. The molecule has 2 rings (SSSR count). The normalized spacial score (nSPS) is 22.9. The minimum atomic E-state index is -0.700. The van der Waals surface area contributed by atoms with Gasteiger partial charge >= 0.3 is 0 Å². The summed E-state index contributed by atoms with van der Waals surface area (Å²) >= 11 is 1.73. The zero-order valence-corrected chi connectivity index (χ0v) is 11.1. The number of aliphatic hydroxyl groups is 1. The van der Waals surface area contributed by atoms with Gasteiger partial charge in [0.05, 0.1) is 5.60 Å². The van der Waals surface area contributed by atoms with Crippen LogP contribution in [0.15, 0.2) is 24.5 Å². The molecule has 1 amide bonds. The largest absolute Gasteiger partial charge is 0.387 e. The van der Waals surface area contributed by atoms with Gasteiger partial charge in [0.15, 0.2) is 0 Å². The monoisotopic (exact) mass is 266 g/mol. The van der Waals surface area contributed by atoms with Crippen molar-refractivity contribution in [3.8, 4) is 0 Å². The summed E-state index contributed by atoms with van der Waals surface area (Å²) in [5.74, 6) is 1.68. The summed E-state index contributed by atoms with van der Waals surface area (Å²) in [6.45, 7) is 0.367. The van der Waals surface area contributed by atoms with E-state index < -0.39 is 5.60 Å². The van der Waals surface area contributed by atoms with Crippen molar-refractivity contribution in [3.05, 3.63) is 30.1 Å². The summed E-state index contributed by atoms with van der Waals surface area (Å²) in [6, 6.07) is 3.83. The van der Waals surface area contributed by atoms with Gasteiger partial charge in [-0.3, -0.25) is 9.78 Å². The molecule has 1 aromatic heterocycles. The number of hydrogen-bond donors (Lipinski definition) is 2. The Balaban J connectivity index is 1.69. The van der Waals surface area contributed by atoms with Crippen LogP contribution in [0.4, 0.5) is 0 Å². The van der Waals surface area contributed by atoms with Crippen LogP contribution in [0.5, 0.6) is 0 Å². The van der Waals surface area contributed by atoms with Gasteiger partial charge in [-0.1, -0.05) is 6.07 Å². The predicted octanol–water partition coefficient (Wildman–Crippen LogP) is 0.998. The van der Waals surface area contributed by atoms with Crippen molar-refractivity contribution < 1.29 is 9.90 Å². The van der Waals surface area contributed by atoms with E-state index in [0.29, 0.717) is 19.4 Å². The number of rotatable bonds is 5. The van der Waals surface area contributed by atoms with Gasteiger partial charge in [0.25, 0.3) is 0 Å². The van der Waals surface area contributed by atoms with Crippen LogP contribution in [-0.4, -0.2) is 39.6 Å². The maximum atomic E-state index is 11.7. The van der Waals surface area contributed by atoms with Crippen molar-refractivity contribution in [2.45, 2.75) is 24.9 Å². The molecule has 1 aromatic rings. The molecule has 98 valence electrons. The minimum absolute atomic E-state index is 0.0100. The first-order valence-corrected chi connectivity index (χ1v) is 7.29. The molecule has 0 aliphatic carbocycles. The van der Waals surface area contributed by atoms with Gasteiger partial charge in [-0.2, -0.15) is 11.8 Å². The average Bonchev–Trinajstić information content (AvgIpc) is 2.83. The summed E-state index contributed by atoms with van der Waals surface area (Å²) in [5.41, 5.74) is 0.358. The van der Waals surface area contributed by atoms with Crippen LogP contribution in [0.3, 0.4) is 0 Å². The Bertz CT molecular complexity index is 391. The van der Waals surface area contributed by atoms with E-state index in [-0.39, 0.29) is 5.91 Å². The van der Waals surface area contributed by atoms with Crippen LogP contribution in [0, 0.1) is 0 Å².